The molecule has 0 amide bonds. The average Bonchev–Trinajstić information content (AvgIpc) is 2.67. The van der Waals surface area contributed by atoms with Crippen molar-refractivity contribution in [1.29, 1.82) is 0 Å². The molecule has 0 aromatic heterocycles. The second-order valence-electron chi connectivity index (χ2n) is 5.25. The molecule has 1 heterocycles. The molecule has 1 aliphatic heterocycles. The minimum Gasteiger partial charge on any atom is -0.355 e. The zero-order valence-corrected chi connectivity index (χ0v) is 9.76. The summed E-state index contributed by atoms with van der Waals surface area (Å²) in [5, 5.41) is 3.56. The van der Waals surface area contributed by atoms with E-state index < -0.39 is 0 Å². The number of rotatable bonds is 4. The van der Waals surface area contributed by atoms with Gasteiger partial charge >= 0.3 is 0 Å². The van der Waals surface area contributed by atoms with Crippen LogP contribution >= 0.6 is 0 Å². The Morgan fingerprint density at radius 1 is 1.33 bits per heavy atom. The van der Waals surface area contributed by atoms with Crippen LogP contribution in [0.15, 0.2) is 0 Å². The molecule has 0 aromatic carbocycles. The van der Waals surface area contributed by atoms with Gasteiger partial charge in [0.25, 0.3) is 0 Å². The van der Waals surface area contributed by atoms with Crippen molar-refractivity contribution in [3.8, 4) is 0 Å². The van der Waals surface area contributed by atoms with E-state index in [0.29, 0.717) is 18.3 Å². The van der Waals surface area contributed by atoms with Crippen molar-refractivity contribution in [3.63, 3.8) is 0 Å². The zero-order valence-electron chi connectivity index (χ0n) is 9.76. The van der Waals surface area contributed by atoms with Crippen molar-refractivity contribution in [2.45, 2.75) is 45.1 Å². The topological polar surface area (TPSA) is 30.5 Å². The lowest BCUT2D eigenvalue weighted by atomic mass is 9.89. The third-order valence-corrected chi connectivity index (χ3v) is 3.71. The minimum absolute atomic E-state index is 0.365. The summed E-state index contributed by atoms with van der Waals surface area (Å²) < 4.78 is 10.6. The maximum atomic E-state index is 5.49. The Balaban J connectivity index is 1.61. The molecule has 3 heteroatoms. The summed E-state index contributed by atoms with van der Waals surface area (Å²) >= 11 is 0. The molecular formula is C12H23NO2. The van der Waals surface area contributed by atoms with Crippen molar-refractivity contribution in [1.82, 2.24) is 5.32 Å². The van der Waals surface area contributed by atoms with Crippen molar-refractivity contribution in [2.24, 2.45) is 5.41 Å². The standard InChI is InChI=1S/C12H23NO2/c1-12(5-2-3-6-12)9-13-8-11-4-7-14-10-15-11/h11,13H,2-10H2,1H3. The van der Waals surface area contributed by atoms with Crippen molar-refractivity contribution in [2.75, 3.05) is 26.5 Å². The molecule has 3 nitrogen and oxygen atoms in total. The van der Waals surface area contributed by atoms with Crippen LogP contribution in [-0.4, -0.2) is 32.6 Å². The predicted molar refractivity (Wildman–Crippen MR) is 59.8 cm³/mol. The maximum Gasteiger partial charge on any atom is 0.147 e. The fourth-order valence-electron chi connectivity index (χ4n) is 2.60. The highest BCUT2D eigenvalue weighted by Gasteiger charge is 2.28. The van der Waals surface area contributed by atoms with Gasteiger partial charge in [-0.3, -0.25) is 0 Å². The lowest BCUT2D eigenvalue weighted by Crippen LogP contribution is -2.38. The van der Waals surface area contributed by atoms with Gasteiger partial charge in [0.2, 0.25) is 0 Å². The highest BCUT2D eigenvalue weighted by Crippen LogP contribution is 2.36. The second-order valence-corrected chi connectivity index (χ2v) is 5.25. The number of ether oxygens (including phenoxy) is 2. The van der Waals surface area contributed by atoms with Crippen LogP contribution in [0.4, 0.5) is 0 Å². The smallest absolute Gasteiger partial charge is 0.147 e. The van der Waals surface area contributed by atoms with Gasteiger partial charge in [-0.25, -0.2) is 0 Å². The van der Waals surface area contributed by atoms with Crippen LogP contribution in [0.5, 0.6) is 0 Å². The summed E-state index contributed by atoms with van der Waals surface area (Å²) in [6.07, 6.45) is 6.98. The van der Waals surface area contributed by atoms with Gasteiger partial charge in [-0.1, -0.05) is 19.8 Å². The van der Waals surface area contributed by atoms with Gasteiger partial charge in [0.1, 0.15) is 6.79 Å². The first-order valence-electron chi connectivity index (χ1n) is 6.19. The normalized spacial score (nSPS) is 30.6. The number of nitrogens with one attached hydrogen (secondary N) is 1. The Kier molecular flexibility index (Phi) is 4.00. The van der Waals surface area contributed by atoms with E-state index in [0.717, 1.165) is 26.1 Å². The van der Waals surface area contributed by atoms with E-state index in [1.54, 1.807) is 0 Å². The fraction of sp³-hybridized carbons (Fsp3) is 1.00. The van der Waals surface area contributed by atoms with Gasteiger partial charge in [0, 0.05) is 13.1 Å². The first kappa shape index (κ1) is 11.4. The fourth-order valence-corrected chi connectivity index (χ4v) is 2.60. The van der Waals surface area contributed by atoms with E-state index in [1.807, 2.05) is 0 Å². The Labute approximate surface area is 92.5 Å². The van der Waals surface area contributed by atoms with Crippen LogP contribution in [0.1, 0.15) is 39.0 Å². The van der Waals surface area contributed by atoms with E-state index in [-0.39, 0.29) is 0 Å². The third-order valence-electron chi connectivity index (χ3n) is 3.71. The van der Waals surface area contributed by atoms with Gasteiger partial charge < -0.3 is 14.8 Å². The molecule has 0 bridgehead atoms. The molecule has 1 N–H and O–H groups in total. The Hall–Kier alpha value is -0.120. The molecule has 1 unspecified atom stereocenters. The first-order chi connectivity index (χ1) is 7.29. The van der Waals surface area contributed by atoms with Gasteiger partial charge in [-0.15, -0.1) is 0 Å². The summed E-state index contributed by atoms with van der Waals surface area (Å²) in [4.78, 5) is 0. The van der Waals surface area contributed by atoms with E-state index >= 15 is 0 Å². The Morgan fingerprint density at radius 2 is 2.13 bits per heavy atom. The first-order valence-corrected chi connectivity index (χ1v) is 6.19. The molecular weight excluding hydrogens is 190 g/mol. The lowest BCUT2D eigenvalue weighted by Gasteiger charge is -2.27. The van der Waals surface area contributed by atoms with Crippen LogP contribution in [0.2, 0.25) is 0 Å². The molecule has 1 saturated heterocycles. The molecule has 88 valence electrons. The van der Waals surface area contributed by atoms with Gasteiger partial charge in [0.15, 0.2) is 0 Å². The molecule has 1 aliphatic carbocycles. The molecule has 2 rings (SSSR count). The largest absolute Gasteiger partial charge is 0.355 e. The van der Waals surface area contributed by atoms with Crippen molar-refractivity contribution in [3.05, 3.63) is 0 Å². The summed E-state index contributed by atoms with van der Waals surface area (Å²) in [6.45, 7) is 5.86. The minimum atomic E-state index is 0.365. The van der Waals surface area contributed by atoms with E-state index in [9.17, 15) is 0 Å². The van der Waals surface area contributed by atoms with E-state index in [1.165, 1.54) is 25.7 Å². The third kappa shape index (κ3) is 3.44. The molecule has 2 aliphatic rings. The Morgan fingerprint density at radius 3 is 2.80 bits per heavy atom. The van der Waals surface area contributed by atoms with Crippen LogP contribution in [0.3, 0.4) is 0 Å². The summed E-state index contributed by atoms with van der Waals surface area (Å²) in [5.41, 5.74) is 0.547. The SMILES string of the molecule is CC1(CNCC2CCOCO2)CCCC1. The highest BCUT2D eigenvalue weighted by atomic mass is 16.7. The molecule has 1 atom stereocenters. The summed E-state index contributed by atoms with van der Waals surface area (Å²) in [7, 11) is 0. The number of hydrogen-bond acceptors (Lipinski definition) is 3. The lowest BCUT2D eigenvalue weighted by molar-refractivity contribution is -0.137. The van der Waals surface area contributed by atoms with Crippen LogP contribution in [0.25, 0.3) is 0 Å². The number of hydrogen-bond donors (Lipinski definition) is 1. The molecule has 1 saturated carbocycles. The highest BCUT2D eigenvalue weighted by molar-refractivity contribution is 4.82. The molecule has 15 heavy (non-hydrogen) atoms. The zero-order chi connectivity index (χ0) is 10.6. The van der Waals surface area contributed by atoms with E-state index in [4.69, 9.17) is 9.47 Å². The maximum absolute atomic E-state index is 5.49. The molecule has 0 radical (unpaired) electrons. The molecule has 0 spiro atoms. The predicted octanol–water partition coefficient (Wildman–Crippen LogP) is 1.92. The van der Waals surface area contributed by atoms with E-state index in [2.05, 4.69) is 12.2 Å². The monoisotopic (exact) mass is 213 g/mol. The quantitative estimate of drug-likeness (QED) is 0.774. The van der Waals surface area contributed by atoms with Gasteiger partial charge in [-0.05, 0) is 24.7 Å². The Bertz CT molecular complexity index is 184. The second kappa shape index (κ2) is 5.28. The van der Waals surface area contributed by atoms with Gasteiger partial charge in [0.05, 0.1) is 12.7 Å². The molecule has 0 aromatic rings. The van der Waals surface area contributed by atoms with Crippen LogP contribution < -0.4 is 5.32 Å². The van der Waals surface area contributed by atoms with Crippen LogP contribution in [-0.2, 0) is 9.47 Å². The average molecular weight is 213 g/mol. The van der Waals surface area contributed by atoms with Crippen molar-refractivity contribution >= 4 is 0 Å². The summed E-state index contributed by atoms with van der Waals surface area (Å²) in [5.74, 6) is 0. The van der Waals surface area contributed by atoms with Crippen LogP contribution in [0, 0.1) is 5.41 Å². The van der Waals surface area contributed by atoms with Crippen molar-refractivity contribution < 1.29 is 9.47 Å². The van der Waals surface area contributed by atoms with Gasteiger partial charge in [-0.2, -0.15) is 0 Å². The summed E-state index contributed by atoms with van der Waals surface area (Å²) in [6, 6.07) is 0. The molecule has 2 fully saturated rings.